The first-order valence-corrected chi connectivity index (χ1v) is 10.3. The van der Waals surface area contributed by atoms with Crippen LogP contribution in [0.1, 0.15) is 24.8 Å². The van der Waals surface area contributed by atoms with E-state index in [0.717, 1.165) is 31.7 Å². The number of thioether (sulfide) groups is 1. The lowest BCUT2D eigenvalue weighted by atomic mass is 10.1. The molecule has 1 atom stereocenters. The molecule has 4 rings (SSSR count). The Bertz CT molecular complexity index is 952. The van der Waals surface area contributed by atoms with Gasteiger partial charge in [0.25, 0.3) is 0 Å². The van der Waals surface area contributed by atoms with Gasteiger partial charge < -0.3 is 9.73 Å². The van der Waals surface area contributed by atoms with Crippen molar-refractivity contribution in [1.82, 2.24) is 15.5 Å². The van der Waals surface area contributed by atoms with Crippen LogP contribution < -0.4 is 5.32 Å². The van der Waals surface area contributed by atoms with Gasteiger partial charge in [0.2, 0.25) is 12.3 Å². The molecule has 3 aromatic rings. The largest absolute Gasteiger partial charge is 0.423 e. The normalized spacial score (nSPS) is 19.3. The van der Waals surface area contributed by atoms with Crippen molar-refractivity contribution in [2.75, 3.05) is 5.75 Å². The minimum Gasteiger partial charge on any atom is -0.423 e. The van der Waals surface area contributed by atoms with Crippen LogP contribution in [0.15, 0.2) is 41.1 Å². The summed E-state index contributed by atoms with van der Waals surface area (Å²) in [5.41, 5.74) is 1.93. The van der Waals surface area contributed by atoms with Crippen LogP contribution in [0.25, 0.3) is 21.9 Å². The molecule has 134 valence electrons. The van der Waals surface area contributed by atoms with E-state index in [1.165, 1.54) is 6.39 Å². The zero-order chi connectivity index (χ0) is 18.3. The lowest BCUT2D eigenvalue weighted by Crippen LogP contribution is -2.46. The number of halogens is 1. The zero-order valence-electron chi connectivity index (χ0n) is 14.2. The van der Waals surface area contributed by atoms with Gasteiger partial charge >= 0.3 is 0 Å². The lowest BCUT2D eigenvalue weighted by molar-refractivity contribution is 0.568. The standard InChI is InChI=1S/C18H17ClN4OS2/c1-18(2)17(20)22-13(8-25-18)15-12(19)7-14(26-15)10-4-3-5-11(6-10)16-23-21-9-24-16/h3-7,9,13H,8H2,1-2H3,(H2,20,22). The fraction of sp³-hybridized carbons (Fsp3) is 0.278. The number of hydrogen-bond acceptors (Lipinski definition) is 6. The Balaban J connectivity index is 1.63. The minimum atomic E-state index is -0.179. The Kier molecular flexibility index (Phi) is 4.54. The molecule has 3 heterocycles. The molecule has 1 unspecified atom stereocenters. The quantitative estimate of drug-likeness (QED) is 0.623. The Hall–Kier alpha value is -1.83. The molecule has 0 bridgehead atoms. The number of amidine groups is 1. The maximum absolute atomic E-state index is 8.23. The van der Waals surface area contributed by atoms with Gasteiger partial charge in [0.15, 0.2) is 0 Å². The Labute approximate surface area is 164 Å². The van der Waals surface area contributed by atoms with Crippen molar-refractivity contribution in [2.24, 2.45) is 0 Å². The van der Waals surface area contributed by atoms with Crippen LogP contribution in [0.5, 0.6) is 0 Å². The van der Waals surface area contributed by atoms with E-state index in [4.69, 9.17) is 21.4 Å². The average molecular weight is 405 g/mol. The van der Waals surface area contributed by atoms with Crippen molar-refractivity contribution in [2.45, 2.75) is 24.6 Å². The van der Waals surface area contributed by atoms with Gasteiger partial charge in [0.05, 0.1) is 15.8 Å². The number of nitrogens with one attached hydrogen (secondary N) is 2. The predicted octanol–water partition coefficient (Wildman–Crippen LogP) is 5.25. The second-order valence-electron chi connectivity index (χ2n) is 6.54. The molecule has 0 spiro atoms. The Morgan fingerprint density at radius 3 is 2.85 bits per heavy atom. The SMILES string of the molecule is CC1(C)SCC(c2sc(-c3cccc(-c4nnco4)c3)cc2Cl)NC1=N. The van der Waals surface area contributed by atoms with Crippen molar-refractivity contribution >= 4 is 40.5 Å². The van der Waals surface area contributed by atoms with Gasteiger partial charge in [-0.25, -0.2) is 0 Å². The molecule has 5 nitrogen and oxygen atoms in total. The van der Waals surface area contributed by atoms with Crippen molar-refractivity contribution < 1.29 is 4.42 Å². The van der Waals surface area contributed by atoms with Crippen LogP contribution >= 0.6 is 34.7 Å². The summed E-state index contributed by atoms with van der Waals surface area (Å²) in [6.45, 7) is 4.13. The molecule has 2 N–H and O–H groups in total. The third kappa shape index (κ3) is 3.26. The first kappa shape index (κ1) is 17.6. The number of rotatable bonds is 3. The van der Waals surface area contributed by atoms with Gasteiger partial charge in [0, 0.05) is 21.1 Å². The van der Waals surface area contributed by atoms with E-state index in [1.807, 2.05) is 30.3 Å². The number of aromatic nitrogens is 2. The summed E-state index contributed by atoms with van der Waals surface area (Å²) in [6.07, 6.45) is 1.32. The highest BCUT2D eigenvalue weighted by molar-refractivity contribution is 8.01. The number of benzene rings is 1. The van der Waals surface area contributed by atoms with Crippen LogP contribution in [0.3, 0.4) is 0 Å². The lowest BCUT2D eigenvalue weighted by Gasteiger charge is -2.35. The van der Waals surface area contributed by atoms with E-state index in [2.05, 4.69) is 29.4 Å². The van der Waals surface area contributed by atoms with Crippen molar-refractivity contribution in [3.05, 3.63) is 46.6 Å². The summed E-state index contributed by atoms with van der Waals surface area (Å²) in [4.78, 5) is 2.15. The summed E-state index contributed by atoms with van der Waals surface area (Å²) in [5.74, 6) is 1.93. The fourth-order valence-electron chi connectivity index (χ4n) is 2.76. The van der Waals surface area contributed by atoms with E-state index < -0.39 is 0 Å². The van der Waals surface area contributed by atoms with E-state index in [-0.39, 0.29) is 10.8 Å². The Morgan fingerprint density at radius 2 is 2.12 bits per heavy atom. The fourth-order valence-corrected chi connectivity index (χ4v) is 5.42. The van der Waals surface area contributed by atoms with Gasteiger partial charge in [0.1, 0.15) is 5.84 Å². The first-order valence-electron chi connectivity index (χ1n) is 8.10. The van der Waals surface area contributed by atoms with E-state index in [9.17, 15) is 0 Å². The molecule has 0 amide bonds. The molecule has 0 radical (unpaired) electrons. The van der Waals surface area contributed by atoms with Crippen molar-refractivity contribution in [3.8, 4) is 21.9 Å². The second kappa shape index (κ2) is 6.72. The van der Waals surface area contributed by atoms with E-state index >= 15 is 0 Å². The molecule has 0 saturated carbocycles. The van der Waals surface area contributed by atoms with Gasteiger partial charge in [-0.1, -0.05) is 23.7 Å². The first-order chi connectivity index (χ1) is 12.4. The van der Waals surface area contributed by atoms with Crippen LogP contribution in [-0.4, -0.2) is 26.5 Å². The number of nitrogens with zero attached hydrogens (tertiary/aromatic N) is 2. The summed E-state index contributed by atoms with van der Waals surface area (Å²) < 4.78 is 5.11. The number of hydrogen-bond donors (Lipinski definition) is 2. The van der Waals surface area contributed by atoms with Crippen LogP contribution in [0.4, 0.5) is 0 Å². The molecule has 0 aliphatic carbocycles. The van der Waals surface area contributed by atoms with E-state index in [1.54, 1.807) is 23.1 Å². The topological polar surface area (TPSA) is 74.8 Å². The third-order valence-corrected chi connectivity index (χ3v) is 7.46. The zero-order valence-corrected chi connectivity index (χ0v) is 16.6. The molecule has 2 aromatic heterocycles. The minimum absolute atomic E-state index is 0.0610. The monoisotopic (exact) mass is 404 g/mol. The highest BCUT2D eigenvalue weighted by atomic mass is 35.5. The molecule has 8 heteroatoms. The Morgan fingerprint density at radius 1 is 1.31 bits per heavy atom. The summed E-state index contributed by atoms with van der Waals surface area (Å²) in [6, 6.07) is 10.0. The molecule has 1 aliphatic heterocycles. The summed E-state index contributed by atoms with van der Waals surface area (Å²) >= 11 is 9.97. The molecule has 1 saturated heterocycles. The van der Waals surface area contributed by atoms with E-state index in [0.29, 0.717) is 11.7 Å². The van der Waals surface area contributed by atoms with Gasteiger partial charge in [-0.3, -0.25) is 5.41 Å². The summed E-state index contributed by atoms with van der Waals surface area (Å²) in [5, 5.41) is 20.0. The van der Waals surface area contributed by atoms with Crippen LogP contribution in [-0.2, 0) is 0 Å². The number of thiophene rings is 1. The highest BCUT2D eigenvalue weighted by Gasteiger charge is 2.34. The molecule has 1 aromatic carbocycles. The van der Waals surface area contributed by atoms with Crippen LogP contribution in [0, 0.1) is 5.41 Å². The smallest absolute Gasteiger partial charge is 0.247 e. The second-order valence-corrected chi connectivity index (χ2v) is 9.67. The average Bonchev–Trinajstić information content (AvgIpc) is 3.27. The maximum Gasteiger partial charge on any atom is 0.247 e. The van der Waals surface area contributed by atoms with Crippen LogP contribution in [0.2, 0.25) is 5.02 Å². The third-order valence-electron chi connectivity index (χ3n) is 4.32. The predicted molar refractivity (Wildman–Crippen MR) is 108 cm³/mol. The van der Waals surface area contributed by atoms with Gasteiger partial charge in [-0.05, 0) is 37.6 Å². The molecular formula is C18H17ClN4OS2. The summed E-state index contributed by atoms with van der Waals surface area (Å²) in [7, 11) is 0. The molecule has 1 fully saturated rings. The van der Waals surface area contributed by atoms with Crippen molar-refractivity contribution in [3.63, 3.8) is 0 Å². The molecule has 26 heavy (non-hydrogen) atoms. The molecule has 1 aliphatic rings. The highest BCUT2D eigenvalue weighted by Crippen LogP contribution is 2.43. The molecular weight excluding hydrogens is 388 g/mol. The van der Waals surface area contributed by atoms with Gasteiger partial charge in [-0.2, -0.15) is 0 Å². The van der Waals surface area contributed by atoms with Gasteiger partial charge in [-0.15, -0.1) is 33.3 Å². The van der Waals surface area contributed by atoms with Crippen molar-refractivity contribution in [1.29, 1.82) is 5.41 Å². The maximum atomic E-state index is 8.23.